The molecular weight excluding hydrogens is 340 g/mol. The minimum Gasteiger partial charge on any atom is -0.461 e. The molecule has 1 atom stereocenters. The Morgan fingerprint density at radius 1 is 1.31 bits per heavy atom. The van der Waals surface area contributed by atoms with Gasteiger partial charge in [-0.05, 0) is 40.2 Å². The second-order valence-electron chi connectivity index (χ2n) is 6.76. The van der Waals surface area contributed by atoms with Crippen LogP contribution in [0.5, 0.6) is 0 Å². The van der Waals surface area contributed by atoms with E-state index in [2.05, 4.69) is 15.0 Å². The normalized spacial score (nSPS) is 17.9. The van der Waals surface area contributed by atoms with Crippen molar-refractivity contribution < 1.29 is 28.6 Å². The zero-order chi connectivity index (χ0) is 19.7. The summed E-state index contributed by atoms with van der Waals surface area (Å²) < 4.78 is 10.7. The molecule has 1 aliphatic heterocycles. The fourth-order valence-corrected chi connectivity index (χ4v) is 2.77. The summed E-state index contributed by atoms with van der Waals surface area (Å²) in [4.78, 5) is 41.4. The molecule has 0 radical (unpaired) electrons. The van der Waals surface area contributed by atoms with Gasteiger partial charge in [0.25, 0.3) is 5.91 Å². The molecule has 0 aliphatic carbocycles. The molecule has 0 spiro atoms. The quantitative estimate of drug-likeness (QED) is 0.268. The molecule has 0 aromatic rings. The number of amides is 1. The van der Waals surface area contributed by atoms with Crippen molar-refractivity contribution in [3.63, 3.8) is 0 Å². The SMILES string of the molecule is COC1(C(=O)N[C@@H](CCC(=O)C=[N+]=[N-])C(=O)OC(C)C)CCN(C)CC1. The Morgan fingerprint density at radius 3 is 2.42 bits per heavy atom. The van der Waals surface area contributed by atoms with Crippen molar-refractivity contribution in [1.82, 2.24) is 10.2 Å². The van der Waals surface area contributed by atoms with Gasteiger partial charge in [0.1, 0.15) is 11.6 Å². The van der Waals surface area contributed by atoms with Gasteiger partial charge in [0.05, 0.1) is 6.10 Å². The van der Waals surface area contributed by atoms with Crippen molar-refractivity contribution in [2.75, 3.05) is 27.2 Å². The van der Waals surface area contributed by atoms with Gasteiger partial charge in [0, 0.05) is 26.6 Å². The van der Waals surface area contributed by atoms with Gasteiger partial charge in [0.15, 0.2) is 0 Å². The van der Waals surface area contributed by atoms with Crippen LogP contribution in [-0.2, 0) is 23.9 Å². The first kappa shape index (κ1) is 22.0. The number of likely N-dealkylation sites (tertiary alicyclic amines) is 1. The van der Waals surface area contributed by atoms with E-state index >= 15 is 0 Å². The van der Waals surface area contributed by atoms with Gasteiger partial charge in [-0.15, -0.1) is 0 Å². The van der Waals surface area contributed by atoms with Crippen LogP contribution in [0.3, 0.4) is 0 Å². The molecule has 1 rings (SSSR count). The van der Waals surface area contributed by atoms with E-state index in [1.807, 2.05) is 7.05 Å². The lowest BCUT2D eigenvalue weighted by Gasteiger charge is -2.38. The smallest absolute Gasteiger partial charge is 0.328 e. The summed E-state index contributed by atoms with van der Waals surface area (Å²) in [5.74, 6) is -1.45. The van der Waals surface area contributed by atoms with Crippen molar-refractivity contribution in [2.24, 2.45) is 0 Å². The van der Waals surface area contributed by atoms with Crippen molar-refractivity contribution in [1.29, 1.82) is 0 Å². The number of hydrogen-bond acceptors (Lipinski definition) is 6. The Morgan fingerprint density at radius 2 is 1.92 bits per heavy atom. The molecule has 1 fully saturated rings. The molecule has 9 heteroatoms. The predicted molar refractivity (Wildman–Crippen MR) is 93.6 cm³/mol. The second-order valence-corrected chi connectivity index (χ2v) is 6.76. The summed E-state index contributed by atoms with van der Waals surface area (Å²) in [6, 6.07) is -0.979. The maximum atomic E-state index is 12.8. The van der Waals surface area contributed by atoms with Gasteiger partial charge in [-0.3, -0.25) is 9.59 Å². The van der Waals surface area contributed by atoms with Crippen molar-refractivity contribution in [3.8, 4) is 0 Å². The Balaban J connectivity index is 2.84. The molecule has 0 aromatic carbocycles. The number of rotatable bonds is 9. The third-order valence-corrected chi connectivity index (χ3v) is 4.42. The van der Waals surface area contributed by atoms with Gasteiger partial charge < -0.3 is 25.2 Å². The average molecular weight is 368 g/mol. The largest absolute Gasteiger partial charge is 0.461 e. The van der Waals surface area contributed by atoms with Gasteiger partial charge in [-0.25, -0.2) is 4.79 Å². The average Bonchev–Trinajstić information content (AvgIpc) is 2.59. The number of nitrogens with one attached hydrogen (secondary N) is 1. The van der Waals surface area contributed by atoms with Crippen LogP contribution in [0.1, 0.15) is 39.5 Å². The maximum Gasteiger partial charge on any atom is 0.328 e. The summed E-state index contributed by atoms with van der Waals surface area (Å²) in [6.45, 7) is 4.81. The molecule has 146 valence electrons. The number of hydrogen-bond donors (Lipinski definition) is 1. The first-order valence-electron chi connectivity index (χ1n) is 8.69. The van der Waals surface area contributed by atoms with E-state index < -0.39 is 23.4 Å². The van der Waals surface area contributed by atoms with E-state index in [-0.39, 0.29) is 24.9 Å². The van der Waals surface area contributed by atoms with Crippen LogP contribution in [0.4, 0.5) is 0 Å². The molecule has 9 nitrogen and oxygen atoms in total. The zero-order valence-electron chi connectivity index (χ0n) is 15.9. The van der Waals surface area contributed by atoms with Crippen LogP contribution in [0.25, 0.3) is 5.53 Å². The van der Waals surface area contributed by atoms with Crippen LogP contribution in [0.2, 0.25) is 0 Å². The Labute approximate surface area is 153 Å². The van der Waals surface area contributed by atoms with E-state index in [1.54, 1.807) is 13.8 Å². The van der Waals surface area contributed by atoms with Crippen LogP contribution < -0.4 is 5.32 Å². The first-order chi connectivity index (χ1) is 12.2. The Hall–Kier alpha value is -2.09. The van der Waals surface area contributed by atoms with Crippen LogP contribution in [0.15, 0.2) is 0 Å². The molecule has 26 heavy (non-hydrogen) atoms. The topological polar surface area (TPSA) is 121 Å². The highest BCUT2D eigenvalue weighted by atomic mass is 16.5. The van der Waals surface area contributed by atoms with E-state index in [1.165, 1.54) is 7.11 Å². The van der Waals surface area contributed by atoms with E-state index in [0.717, 1.165) is 6.21 Å². The van der Waals surface area contributed by atoms with Crippen LogP contribution in [0, 0.1) is 0 Å². The van der Waals surface area contributed by atoms with Crippen molar-refractivity contribution in [2.45, 2.75) is 57.3 Å². The third kappa shape index (κ3) is 6.33. The molecule has 0 bridgehead atoms. The minimum atomic E-state index is -1.00. The number of nitrogens with zero attached hydrogens (tertiary/aromatic N) is 3. The predicted octanol–water partition coefficient (Wildman–Crippen LogP) is 0.184. The van der Waals surface area contributed by atoms with E-state index in [4.69, 9.17) is 15.0 Å². The number of ether oxygens (including phenoxy) is 2. The van der Waals surface area contributed by atoms with Crippen molar-refractivity contribution >= 4 is 23.9 Å². The second kappa shape index (κ2) is 10.2. The van der Waals surface area contributed by atoms with Gasteiger partial charge in [-0.2, -0.15) is 4.79 Å². The fourth-order valence-electron chi connectivity index (χ4n) is 2.77. The monoisotopic (exact) mass is 368 g/mol. The number of esters is 1. The van der Waals surface area contributed by atoms with Crippen LogP contribution >= 0.6 is 0 Å². The van der Waals surface area contributed by atoms with Gasteiger partial charge >= 0.3 is 12.2 Å². The summed E-state index contributed by atoms with van der Waals surface area (Å²) in [5, 5.41) is 2.68. The minimum absolute atomic E-state index is 0.0435. The zero-order valence-corrected chi connectivity index (χ0v) is 15.9. The highest BCUT2D eigenvalue weighted by molar-refractivity contribution is 6.25. The van der Waals surface area contributed by atoms with Gasteiger partial charge in [-0.1, -0.05) is 0 Å². The third-order valence-electron chi connectivity index (χ3n) is 4.42. The summed E-state index contributed by atoms with van der Waals surface area (Å²) >= 11 is 0. The molecule has 1 saturated heterocycles. The lowest BCUT2D eigenvalue weighted by atomic mass is 9.89. The Kier molecular flexibility index (Phi) is 8.57. The number of carbonyl (C=O) groups is 3. The highest BCUT2D eigenvalue weighted by Crippen LogP contribution is 2.26. The lowest BCUT2D eigenvalue weighted by Crippen LogP contribution is -2.57. The number of carbonyl (C=O) groups excluding carboxylic acids is 3. The van der Waals surface area contributed by atoms with Gasteiger partial charge in [0.2, 0.25) is 5.78 Å². The number of methoxy groups -OCH3 is 1. The molecule has 1 aliphatic rings. The summed E-state index contributed by atoms with van der Waals surface area (Å²) in [5.41, 5.74) is 7.40. The standard InChI is InChI=1S/C17H28N4O5/c1-12(2)26-15(23)14(6-5-13(22)11-19-18)20-16(24)17(25-4)7-9-21(3)10-8-17/h11-12,14H,5-10H2,1-4H3,(H,20,24)/t14-/m0/s1. The Bertz CT molecular complexity index is 564. The number of piperidine rings is 1. The van der Waals surface area contributed by atoms with E-state index in [0.29, 0.717) is 25.9 Å². The molecule has 0 unspecified atom stereocenters. The molecule has 1 heterocycles. The number of ketones is 1. The molecule has 0 saturated carbocycles. The molecule has 1 amide bonds. The maximum absolute atomic E-state index is 12.8. The molecule has 1 N–H and O–H groups in total. The molecule has 0 aromatic heterocycles. The lowest BCUT2D eigenvalue weighted by molar-refractivity contribution is -0.158. The summed E-state index contributed by atoms with van der Waals surface area (Å²) in [6.07, 6.45) is 1.41. The van der Waals surface area contributed by atoms with Crippen LogP contribution in [-0.4, -0.2) is 78.6 Å². The molecular formula is C17H28N4O5. The first-order valence-corrected chi connectivity index (χ1v) is 8.69. The fraction of sp³-hybridized carbons (Fsp3) is 0.765. The highest BCUT2D eigenvalue weighted by Gasteiger charge is 2.42. The number of Topliss-reactive ketones (excluding diaryl/α,β-unsaturated/α-hetero) is 1. The van der Waals surface area contributed by atoms with Crippen molar-refractivity contribution in [3.05, 3.63) is 5.53 Å². The summed E-state index contributed by atoms with van der Waals surface area (Å²) in [7, 11) is 3.45. The van der Waals surface area contributed by atoms with E-state index in [9.17, 15) is 14.4 Å².